The summed E-state index contributed by atoms with van der Waals surface area (Å²) in [5, 5.41) is 10.9. The number of allylic oxidation sites excluding steroid dienone is 2. The summed E-state index contributed by atoms with van der Waals surface area (Å²) in [6.45, 7) is 0.767. The van der Waals surface area contributed by atoms with Crippen molar-refractivity contribution >= 4 is 12.2 Å². The predicted molar refractivity (Wildman–Crippen MR) is 52.7 cm³/mol. The van der Waals surface area contributed by atoms with E-state index >= 15 is 0 Å². The van der Waals surface area contributed by atoms with Gasteiger partial charge in [-0.1, -0.05) is 6.08 Å². The Morgan fingerprint density at radius 3 is 3.21 bits per heavy atom. The molecule has 0 saturated carbocycles. The van der Waals surface area contributed by atoms with Crippen molar-refractivity contribution in [3.8, 4) is 0 Å². The summed E-state index contributed by atoms with van der Waals surface area (Å²) >= 11 is 0. The molecule has 14 heavy (non-hydrogen) atoms. The van der Waals surface area contributed by atoms with E-state index in [1.54, 1.807) is 12.2 Å². The average Bonchev–Trinajstić information content (AvgIpc) is 2.44. The van der Waals surface area contributed by atoms with Crippen LogP contribution in [0.4, 0.5) is 4.79 Å². The Morgan fingerprint density at radius 1 is 1.57 bits per heavy atom. The molecule has 0 bridgehead atoms. The van der Waals surface area contributed by atoms with Crippen molar-refractivity contribution in [3.05, 3.63) is 41.9 Å². The summed E-state index contributed by atoms with van der Waals surface area (Å²) < 4.78 is 2.03. The third-order valence-electron chi connectivity index (χ3n) is 2.02. The maximum Gasteiger partial charge on any atom is 0.409 e. The smallest absolute Gasteiger partial charge is 0.409 e. The van der Waals surface area contributed by atoms with E-state index < -0.39 is 6.09 Å². The lowest BCUT2D eigenvalue weighted by molar-refractivity contribution is 0.198. The average molecular weight is 190 g/mol. The molecule has 1 amide bonds. The van der Waals surface area contributed by atoms with Gasteiger partial charge in [-0.25, -0.2) is 4.79 Å². The predicted octanol–water partition coefficient (Wildman–Crippen LogP) is 1.67. The number of carboxylic acid groups (broad SMARTS) is 1. The Morgan fingerprint density at radius 2 is 2.43 bits per heavy atom. The van der Waals surface area contributed by atoms with Gasteiger partial charge in [0.1, 0.15) is 0 Å². The number of rotatable bonds is 1. The van der Waals surface area contributed by atoms with Gasteiger partial charge in [0.25, 0.3) is 0 Å². The van der Waals surface area contributed by atoms with Crippen molar-refractivity contribution in [2.75, 3.05) is 0 Å². The Hall–Kier alpha value is -1.97. The number of carbonyl (C=O) groups is 1. The van der Waals surface area contributed by atoms with Gasteiger partial charge in [0.15, 0.2) is 0 Å². The fourth-order valence-electron chi connectivity index (χ4n) is 1.43. The van der Waals surface area contributed by atoms with Crippen LogP contribution >= 0.6 is 0 Å². The topological polar surface area (TPSA) is 54.3 Å². The van der Waals surface area contributed by atoms with Crippen LogP contribution in [0.25, 0.3) is 6.08 Å². The highest BCUT2D eigenvalue weighted by atomic mass is 16.4. The summed E-state index contributed by atoms with van der Waals surface area (Å²) in [4.78, 5) is 10.4. The first-order valence-electron chi connectivity index (χ1n) is 4.29. The monoisotopic (exact) mass is 190 g/mol. The number of hydrogen-bond donors (Lipinski definition) is 2. The molecule has 0 aliphatic carbocycles. The molecule has 0 saturated heterocycles. The third-order valence-corrected chi connectivity index (χ3v) is 2.02. The number of nitrogens with zero attached hydrogens (tertiary/aromatic N) is 1. The van der Waals surface area contributed by atoms with Crippen LogP contribution in [0.2, 0.25) is 0 Å². The van der Waals surface area contributed by atoms with E-state index in [1.165, 1.54) is 0 Å². The molecule has 2 heterocycles. The lowest BCUT2D eigenvalue weighted by Crippen LogP contribution is -2.18. The van der Waals surface area contributed by atoms with E-state index in [0.717, 1.165) is 12.2 Å². The molecular weight excluding hydrogens is 180 g/mol. The second kappa shape index (κ2) is 3.41. The fraction of sp³-hybridized carbons (Fsp3) is 0.100. The van der Waals surface area contributed by atoms with Gasteiger partial charge in [-0.2, -0.15) is 0 Å². The van der Waals surface area contributed by atoms with Crippen LogP contribution in [0, 0.1) is 0 Å². The minimum atomic E-state index is -1.04. The molecular formula is C10H10N2O2. The molecule has 2 N–H and O–H groups in total. The molecule has 0 fully saturated rings. The van der Waals surface area contributed by atoms with E-state index in [0.29, 0.717) is 5.70 Å². The third kappa shape index (κ3) is 1.69. The fourth-order valence-corrected chi connectivity index (χ4v) is 1.43. The van der Waals surface area contributed by atoms with E-state index in [4.69, 9.17) is 5.11 Å². The zero-order valence-corrected chi connectivity index (χ0v) is 7.47. The van der Waals surface area contributed by atoms with Crippen molar-refractivity contribution in [2.45, 2.75) is 6.54 Å². The Balaban J connectivity index is 2.31. The van der Waals surface area contributed by atoms with Gasteiger partial charge in [0, 0.05) is 24.1 Å². The Labute approximate surface area is 81.2 Å². The molecule has 1 aliphatic heterocycles. The zero-order valence-electron chi connectivity index (χ0n) is 7.47. The summed E-state index contributed by atoms with van der Waals surface area (Å²) in [6.07, 6.45) is 6.40. The Kier molecular flexibility index (Phi) is 2.10. The number of amides is 1. The molecule has 4 nitrogen and oxygen atoms in total. The van der Waals surface area contributed by atoms with E-state index in [9.17, 15) is 4.79 Å². The van der Waals surface area contributed by atoms with Gasteiger partial charge in [-0.15, -0.1) is 0 Å². The van der Waals surface area contributed by atoms with Gasteiger partial charge in [-0.05, 0) is 24.3 Å². The first kappa shape index (κ1) is 8.62. The van der Waals surface area contributed by atoms with Crippen LogP contribution in [-0.2, 0) is 6.54 Å². The molecule has 1 aromatic heterocycles. The van der Waals surface area contributed by atoms with Crippen LogP contribution < -0.4 is 5.32 Å². The maximum atomic E-state index is 10.4. The number of nitrogens with one attached hydrogen (secondary N) is 1. The lowest BCUT2D eigenvalue weighted by Gasteiger charge is -2.00. The van der Waals surface area contributed by atoms with E-state index in [-0.39, 0.29) is 0 Å². The first-order chi connectivity index (χ1) is 6.75. The molecule has 1 aliphatic rings. The number of hydrogen-bond acceptors (Lipinski definition) is 1. The van der Waals surface area contributed by atoms with Crippen LogP contribution in [0.15, 0.2) is 36.2 Å². The highest BCUT2D eigenvalue weighted by Gasteiger charge is 2.04. The van der Waals surface area contributed by atoms with Crippen LogP contribution in [0.5, 0.6) is 0 Å². The first-order valence-corrected chi connectivity index (χ1v) is 4.29. The van der Waals surface area contributed by atoms with Crippen molar-refractivity contribution in [3.63, 3.8) is 0 Å². The standard InChI is InChI=1S/C10H10N2O2/c13-10(14)11-8-3-1-5-12-6-2-4-9(12)7-8/h1-4,6-7,11H,5H2,(H,13,14). The van der Waals surface area contributed by atoms with Crippen molar-refractivity contribution in [2.24, 2.45) is 0 Å². The van der Waals surface area contributed by atoms with Gasteiger partial charge < -0.3 is 9.67 Å². The van der Waals surface area contributed by atoms with Gasteiger partial charge >= 0.3 is 6.09 Å². The molecule has 2 rings (SSSR count). The number of aromatic nitrogens is 1. The van der Waals surface area contributed by atoms with Crippen LogP contribution in [0.1, 0.15) is 5.69 Å². The van der Waals surface area contributed by atoms with Gasteiger partial charge in [-0.3, -0.25) is 5.32 Å². The second-order valence-electron chi connectivity index (χ2n) is 3.02. The molecule has 0 radical (unpaired) electrons. The highest BCUT2D eigenvalue weighted by Crippen LogP contribution is 2.11. The minimum Gasteiger partial charge on any atom is -0.465 e. The van der Waals surface area contributed by atoms with E-state index in [2.05, 4.69) is 5.32 Å². The molecule has 0 atom stereocenters. The number of fused-ring (bicyclic) bond motifs is 1. The lowest BCUT2D eigenvalue weighted by atomic mass is 10.3. The summed E-state index contributed by atoms with van der Waals surface area (Å²) in [6, 6.07) is 3.87. The van der Waals surface area contributed by atoms with Gasteiger partial charge in [0.05, 0.1) is 0 Å². The Bertz CT molecular complexity index is 416. The van der Waals surface area contributed by atoms with Gasteiger partial charge in [0.2, 0.25) is 0 Å². The van der Waals surface area contributed by atoms with Crippen molar-refractivity contribution in [1.29, 1.82) is 0 Å². The van der Waals surface area contributed by atoms with Crippen LogP contribution in [-0.4, -0.2) is 15.8 Å². The largest absolute Gasteiger partial charge is 0.465 e. The second-order valence-corrected chi connectivity index (χ2v) is 3.02. The molecule has 1 aromatic rings. The minimum absolute atomic E-state index is 0.593. The van der Waals surface area contributed by atoms with E-state index in [1.807, 2.05) is 29.0 Å². The zero-order chi connectivity index (χ0) is 9.97. The summed E-state index contributed by atoms with van der Waals surface area (Å²) in [7, 11) is 0. The highest BCUT2D eigenvalue weighted by molar-refractivity contribution is 5.71. The molecule has 0 aromatic carbocycles. The summed E-state index contributed by atoms with van der Waals surface area (Å²) in [5.74, 6) is 0. The van der Waals surface area contributed by atoms with Crippen molar-refractivity contribution < 1.29 is 9.90 Å². The van der Waals surface area contributed by atoms with Crippen molar-refractivity contribution in [1.82, 2.24) is 9.88 Å². The normalized spacial score (nSPS) is 14.1. The maximum absolute atomic E-state index is 10.4. The summed E-state index contributed by atoms with van der Waals surface area (Å²) in [5.41, 5.74) is 1.59. The molecule has 4 heteroatoms. The van der Waals surface area contributed by atoms with Crippen LogP contribution in [0.3, 0.4) is 0 Å². The quantitative estimate of drug-likeness (QED) is 0.707. The molecule has 0 unspecified atom stereocenters. The SMILES string of the molecule is O=C(O)NC1=Cc2cccn2CC=C1. The molecule has 0 spiro atoms. The molecule has 72 valence electrons.